The Bertz CT molecular complexity index is 3250. The molecule has 0 aromatic heterocycles. The van der Waals surface area contributed by atoms with Crippen LogP contribution in [0.15, 0.2) is 103 Å². The minimum Gasteiger partial charge on any atom is -0.545 e. The van der Waals surface area contributed by atoms with E-state index >= 15 is 0 Å². The highest BCUT2D eigenvalue weighted by Crippen LogP contribution is 2.27. The summed E-state index contributed by atoms with van der Waals surface area (Å²) < 4.78 is 69.6. The van der Waals surface area contributed by atoms with Gasteiger partial charge in [0.15, 0.2) is 0 Å². The second-order valence-corrected chi connectivity index (χ2v) is 35.6. The van der Waals surface area contributed by atoms with Crippen molar-refractivity contribution in [1.82, 2.24) is 10.6 Å². The third-order valence-corrected chi connectivity index (χ3v) is 25.3. The Labute approximate surface area is 695 Å². The van der Waals surface area contributed by atoms with Crippen molar-refractivity contribution in [3.05, 3.63) is 137 Å². The van der Waals surface area contributed by atoms with E-state index in [0.717, 1.165) is 42.9 Å². The van der Waals surface area contributed by atoms with Gasteiger partial charge >= 0.3 is 59.6 Å². The molecule has 0 spiro atoms. The number of carbonyl (C=O) groups excluding carboxylic acids is 9. The molecule has 4 aromatic carbocycles. The van der Waals surface area contributed by atoms with Gasteiger partial charge in [0.05, 0.1) is 65.8 Å². The molecule has 2 N–H and O–H groups in total. The van der Waals surface area contributed by atoms with Crippen LogP contribution in [0.2, 0.25) is 6.04 Å². The number of nitrogens with one attached hydrogen (secondary N) is 2. The van der Waals surface area contributed by atoms with Crippen LogP contribution in [0.1, 0.15) is 265 Å². The van der Waals surface area contributed by atoms with Crippen molar-refractivity contribution in [2.24, 2.45) is 33.5 Å². The average molecular weight is 1670 g/mol. The summed E-state index contributed by atoms with van der Waals surface area (Å²) in [7, 11) is -0.394. The first-order chi connectivity index (χ1) is 54.7. The van der Waals surface area contributed by atoms with Crippen molar-refractivity contribution < 1.29 is 113 Å². The number of unbranched alkanes of at least 4 members (excludes halogenated alkanes) is 1. The molecule has 658 valence electrons. The molecule has 28 heteroatoms. The first-order valence-corrected chi connectivity index (χ1v) is 44.4. The monoisotopic (exact) mass is 1670 g/mol. The number of rotatable bonds is 46. The van der Waals surface area contributed by atoms with Crippen LogP contribution < -0.4 is 26.0 Å². The predicted molar refractivity (Wildman–Crippen MR) is 449 cm³/mol. The molecule has 0 heterocycles. The number of amides is 2. The maximum atomic E-state index is 11.9. The lowest BCUT2D eigenvalue weighted by Crippen LogP contribution is -2.54. The lowest BCUT2D eigenvalue weighted by molar-refractivity contribution is -0.256. The number of aromatic carboxylic acids is 2. The fraction of sp³-hybridized carbons (Fsp3) is 0.625. The average Bonchev–Trinajstić information content (AvgIpc) is 0.815. The molecule has 0 saturated carbocycles. The summed E-state index contributed by atoms with van der Waals surface area (Å²) in [6.07, 6.45) is 9.00. The molecule has 0 bridgehead atoms. The fourth-order valence-corrected chi connectivity index (χ4v) is 13.6. The second-order valence-electron chi connectivity index (χ2n) is 29.9. The normalized spacial score (nSPS) is 12.1. The number of carbonyl (C=O) groups is 9. The van der Waals surface area contributed by atoms with E-state index in [1.165, 1.54) is 73.4 Å². The third-order valence-electron chi connectivity index (χ3n) is 19.5. The van der Waals surface area contributed by atoms with E-state index in [1.807, 2.05) is 132 Å². The Morgan fingerprint density at radius 2 is 0.793 bits per heavy atom. The van der Waals surface area contributed by atoms with Gasteiger partial charge in [-0.05, 0) is 173 Å². The predicted octanol–water partition coefficient (Wildman–Crippen LogP) is 15.2. The molecule has 0 aliphatic rings. The number of esters is 5. The molecular weight excluding hydrogens is 1530 g/mol. The number of alkyl carbamates (subject to hydrolysis) is 2. The Hall–Kier alpha value is -8.10. The van der Waals surface area contributed by atoms with Crippen molar-refractivity contribution in [3.8, 4) is 0 Å². The first kappa shape index (κ1) is 110. The summed E-state index contributed by atoms with van der Waals surface area (Å²) in [5.41, 5.74) is 1.93. The quantitative estimate of drug-likeness (QED) is 0.0180. The topological polar surface area (TPSA) is 344 Å². The van der Waals surface area contributed by atoms with Gasteiger partial charge in [0.2, 0.25) is 0 Å². The Kier molecular flexibility index (Phi) is 57.2. The standard InChI is InChI=1S/2C17H23NO6.C15H32O5Si.C14H28O2.C13H22O3Si.C12H16O2/c2*1-4-17(2,3)15(21)23-10-9-18-16(22)24-11-12-5-7-13(8-6-12)14(19)20;1-7-15(5,6)14(16)17-12-11-13-21(18-8-2,19-9-3)20-10-4;1-6-9-10-12(7-2)11-16-13(15)14(4,5)8-3;1-6-11(2)12-7-9-13(10-8-12)17(14-3,15-4)16-5;1-3-10(2)12(13)14-9-11-7-5-4-6-8-11/h2*5-8H,4,9-11H2,1-3H3,(H,18,22)(H,19,20);7-13H2,1-6H3;12H,6-11H2,1-5H3;7-11H,6H2,1-5H3;4-8,10H,3,9H2,1-2H3/p-2. The van der Waals surface area contributed by atoms with Crippen molar-refractivity contribution in [2.45, 2.75) is 248 Å². The number of ether oxygens (including phenoxy) is 7. The zero-order valence-electron chi connectivity index (χ0n) is 74.3. The van der Waals surface area contributed by atoms with Crippen LogP contribution in [0.3, 0.4) is 0 Å². The van der Waals surface area contributed by atoms with Gasteiger partial charge in [-0.1, -0.05) is 192 Å². The van der Waals surface area contributed by atoms with Crippen LogP contribution in [-0.2, 0) is 104 Å². The van der Waals surface area contributed by atoms with E-state index in [-0.39, 0.29) is 91.8 Å². The molecule has 2 amide bonds. The van der Waals surface area contributed by atoms with Gasteiger partial charge in [-0.15, -0.1) is 0 Å². The first-order valence-electron chi connectivity index (χ1n) is 40.7. The van der Waals surface area contributed by atoms with Crippen molar-refractivity contribution in [3.63, 3.8) is 0 Å². The Balaban J connectivity index is 0. The molecule has 4 rings (SSSR count). The van der Waals surface area contributed by atoms with Gasteiger partial charge in [0, 0.05) is 52.4 Å². The molecule has 3 unspecified atom stereocenters. The molecule has 0 radical (unpaired) electrons. The smallest absolute Gasteiger partial charge is 0.536 e. The minimum atomic E-state index is -2.66. The van der Waals surface area contributed by atoms with Crippen molar-refractivity contribution in [1.29, 1.82) is 0 Å². The summed E-state index contributed by atoms with van der Waals surface area (Å²) in [6, 6.07) is 30.4. The van der Waals surface area contributed by atoms with E-state index in [1.54, 1.807) is 49.0 Å². The molecule has 0 aliphatic carbocycles. The summed E-state index contributed by atoms with van der Waals surface area (Å²) in [5, 5.41) is 27.2. The van der Waals surface area contributed by atoms with Crippen molar-refractivity contribution in [2.75, 3.05) is 80.7 Å². The number of hydrogen-bond donors (Lipinski definition) is 2. The molecule has 0 aliphatic heterocycles. The summed E-state index contributed by atoms with van der Waals surface area (Å²) in [6.45, 7) is 44.6. The molecule has 0 fully saturated rings. The molecule has 0 saturated heterocycles. The minimum absolute atomic E-state index is 0.00119. The van der Waals surface area contributed by atoms with Gasteiger partial charge in [0.1, 0.15) is 33.0 Å². The number of carboxylic acid groups (broad SMARTS) is 2. The summed E-state index contributed by atoms with van der Waals surface area (Å²) in [4.78, 5) is 103. The number of hydrogen-bond acceptors (Lipinski definition) is 24. The fourth-order valence-electron chi connectivity index (χ4n) is 9.27. The van der Waals surface area contributed by atoms with E-state index in [4.69, 9.17) is 59.7 Å². The molecule has 4 aromatic rings. The van der Waals surface area contributed by atoms with Crippen LogP contribution in [-0.4, -0.2) is 152 Å². The summed E-state index contributed by atoms with van der Waals surface area (Å²) >= 11 is 0. The van der Waals surface area contributed by atoms with Gasteiger partial charge < -0.3 is 90.1 Å². The highest BCUT2D eigenvalue weighted by Gasteiger charge is 2.42. The Morgan fingerprint density at radius 3 is 1.13 bits per heavy atom. The highest BCUT2D eigenvalue weighted by molar-refractivity contribution is 6.75. The van der Waals surface area contributed by atoms with Crippen LogP contribution >= 0.6 is 0 Å². The maximum Gasteiger partial charge on any atom is 0.536 e. The SMILES string of the molecule is CCC(C)(C)C(=O)OCCNC(=O)OCc1ccc(C(=O)[O-])cc1.CCC(C)(C)C(=O)OCCNC(=O)OCc1ccc(C(=O)[O-])cc1.CCC(C)C(=O)OCc1ccccc1.CCC(C)c1ccc([Si](OC)(OC)OC)cc1.CCCCC(CC)COC(=O)C(C)(C)CC.CCO[Si](CCCOC(=O)C(C)(C)CC)(OCC)OCC. The molecule has 3 atom stereocenters. The molecule has 116 heavy (non-hydrogen) atoms. The zero-order chi connectivity index (χ0) is 88.6. The van der Waals surface area contributed by atoms with Crippen LogP contribution in [0.25, 0.3) is 0 Å². The maximum absolute atomic E-state index is 11.9. The van der Waals surface area contributed by atoms with Crippen LogP contribution in [0.4, 0.5) is 9.59 Å². The summed E-state index contributed by atoms with van der Waals surface area (Å²) in [5.74, 6) is -2.35. The number of benzene rings is 4. The Morgan fingerprint density at radius 1 is 0.422 bits per heavy atom. The van der Waals surface area contributed by atoms with Gasteiger partial charge in [0.25, 0.3) is 0 Å². The van der Waals surface area contributed by atoms with Gasteiger partial charge in [-0.3, -0.25) is 24.0 Å². The van der Waals surface area contributed by atoms with E-state index in [9.17, 15) is 53.4 Å². The van der Waals surface area contributed by atoms with E-state index < -0.39 is 58.0 Å². The van der Waals surface area contributed by atoms with Gasteiger partial charge in [-0.2, -0.15) is 0 Å². The van der Waals surface area contributed by atoms with Crippen LogP contribution in [0.5, 0.6) is 0 Å². The lowest BCUT2D eigenvalue weighted by atomic mass is 9.90. The van der Waals surface area contributed by atoms with E-state index in [2.05, 4.69) is 50.5 Å². The van der Waals surface area contributed by atoms with Gasteiger partial charge in [-0.25, -0.2) is 9.59 Å². The van der Waals surface area contributed by atoms with Crippen molar-refractivity contribution >= 4 is 76.8 Å². The third kappa shape index (κ3) is 45.0. The van der Waals surface area contributed by atoms with E-state index in [0.29, 0.717) is 87.9 Å². The van der Waals surface area contributed by atoms with Crippen LogP contribution in [0, 0.1) is 33.5 Å². The zero-order valence-corrected chi connectivity index (χ0v) is 76.3. The second kappa shape index (κ2) is 60.4. The lowest BCUT2D eigenvalue weighted by Gasteiger charge is -2.28. The molecule has 26 nitrogen and oxygen atoms in total. The molecular formula is C88H142N2O24Si2-2. The number of carboxylic acids is 2. The highest BCUT2D eigenvalue weighted by atomic mass is 28.4. The largest absolute Gasteiger partial charge is 0.545 e.